The summed E-state index contributed by atoms with van der Waals surface area (Å²) in [5.41, 5.74) is 4.00. The zero-order chi connectivity index (χ0) is 36.5. The third-order valence-electron chi connectivity index (χ3n) is 11.0. The first-order chi connectivity index (χ1) is 24.4. The summed E-state index contributed by atoms with van der Waals surface area (Å²) in [7, 11) is 5.16. The molecule has 0 fully saturated rings. The van der Waals surface area contributed by atoms with Gasteiger partial charge >= 0.3 is 0 Å². The minimum Gasteiger partial charge on any atom is -0.497 e. The molecule has 0 atom stereocenters. The van der Waals surface area contributed by atoms with Crippen LogP contribution in [0.25, 0.3) is 0 Å². The smallest absolute Gasteiger partial charge is 0.118 e. The van der Waals surface area contributed by atoms with E-state index in [1.165, 1.54) is 137 Å². The summed E-state index contributed by atoms with van der Waals surface area (Å²) < 4.78 is 17.8. The minimum atomic E-state index is -1.17. The molecule has 0 saturated heterocycles. The van der Waals surface area contributed by atoms with Crippen molar-refractivity contribution in [2.45, 2.75) is 131 Å². The molecule has 3 aromatic rings. The second-order valence-corrected chi connectivity index (χ2v) is 14.6. The van der Waals surface area contributed by atoms with Crippen LogP contribution in [0.5, 0.6) is 17.2 Å². The summed E-state index contributed by atoms with van der Waals surface area (Å²) in [4.78, 5) is 0. The fourth-order valence-corrected chi connectivity index (χ4v) is 7.75. The van der Waals surface area contributed by atoms with Gasteiger partial charge in [0, 0.05) is 0 Å². The van der Waals surface area contributed by atoms with Gasteiger partial charge in [-0.25, -0.2) is 0 Å². The van der Waals surface area contributed by atoms with E-state index >= 15 is 0 Å². The van der Waals surface area contributed by atoms with E-state index in [1.807, 2.05) is 0 Å². The molecule has 280 valence electrons. The number of rotatable bonds is 25. The fraction of sp³-hybridized carbons (Fsp3) is 0.600. The lowest BCUT2D eigenvalue weighted by atomic mass is 9.14. The molecule has 0 aromatic heterocycles. The number of hydrogen-bond donors (Lipinski definition) is 0. The van der Waals surface area contributed by atoms with Crippen molar-refractivity contribution in [3.8, 4) is 17.2 Å². The summed E-state index contributed by atoms with van der Waals surface area (Å²) >= 11 is 0. The summed E-state index contributed by atoms with van der Waals surface area (Å²) in [5.74, 6) is 2.65. The molecule has 0 aliphatic carbocycles. The standard InChI is InChI=1S/C29H38BO3.C16H36N/c1-5-6-7-8-9-10-23-30(24-11-17-27(31-2)18-12-24,25-13-19-28(32-3)20-14-25)26-15-21-29(33-4)22-16-26;1-5-9-13-17(14-10-6-2,15-11-7-3)16-12-8-4/h11-22H,5-10,23H2,1-4H3;5-16H2,1-4H3/q-1;+1. The number of hydrogen-bond acceptors (Lipinski definition) is 3. The van der Waals surface area contributed by atoms with Crippen LogP contribution in [0.4, 0.5) is 0 Å². The monoisotopic (exact) mass is 688 g/mol. The van der Waals surface area contributed by atoms with E-state index in [0.717, 1.165) is 23.6 Å². The molecular formula is C45H74BNO3. The first kappa shape index (κ1) is 43.2. The Morgan fingerprint density at radius 3 is 0.940 bits per heavy atom. The lowest BCUT2D eigenvalue weighted by molar-refractivity contribution is -0.929. The Balaban J connectivity index is 0.000000432. The molecule has 0 bridgehead atoms. The topological polar surface area (TPSA) is 27.7 Å². The van der Waals surface area contributed by atoms with Crippen LogP contribution in [0.1, 0.15) is 125 Å². The van der Waals surface area contributed by atoms with Crippen LogP contribution in [0.3, 0.4) is 0 Å². The van der Waals surface area contributed by atoms with Crippen molar-refractivity contribution >= 4 is 22.5 Å². The Labute approximate surface area is 308 Å². The van der Waals surface area contributed by atoms with Gasteiger partial charge in [0.25, 0.3) is 0 Å². The SMILES string of the molecule is CCCCCCCC[B-](c1ccc(OC)cc1)(c1ccc(OC)cc1)c1ccc(OC)cc1.CCCC[N+](CCCC)(CCCC)CCCC. The fourth-order valence-electron chi connectivity index (χ4n) is 7.75. The second-order valence-electron chi connectivity index (χ2n) is 14.6. The second kappa shape index (κ2) is 25.1. The first-order valence-corrected chi connectivity index (χ1v) is 20.4. The molecule has 0 radical (unpaired) electrons. The maximum absolute atomic E-state index is 5.46. The Bertz CT molecular complexity index is 1090. The van der Waals surface area contributed by atoms with Crippen LogP contribution in [-0.2, 0) is 0 Å². The lowest BCUT2D eigenvalue weighted by Crippen LogP contribution is -2.66. The van der Waals surface area contributed by atoms with Crippen molar-refractivity contribution in [3.63, 3.8) is 0 Å². The van der Waals surface area contributed by atoms with E-state index < -0.39 is 6.15 Å². The van der Waals surface area contributed by atoms with Gasteiger partial charge in [0.1, 0.15) is 17.2 Å². The molecule has 0 amide bonds. The van der Waals surface area contributed by atoms with Gasteiger partial charge < -0.3 is 18.7 Å². The van der Waals surface area contributed by atoms with Gasteiger partial charge in [0.05, 0.1) is 53.7 Å². The van der Waals surface area contributed by atoms with E-state index in [9.17, 15) is 0 Å². The quantitative estimate of drug-likeness (QED) is 0.0504. The Kier molecular flexibility index (Phi) is 21.7. The van der Waals surface area contributed by atoms with E-state index in [2.05, 4.69) is 107 Å². The number of nitrogens with zero attached hydrogens (tertiary/aromatic N) is 1. The van der Waals surface area contributed by atoms with E-state index in [1.54, 1.807) is 21.3 Å². The van der Waals surface area contributed by atoms with Gasteiger partial charge in [-0.05, 0) is 62.1 Å². The highest BCUT2D eigenvalue weighted by Gasteiger charge is 2.30. The Morgan fingerprint density at radius 1 is 0.380 bits per heavy atom. The van der Waals surface area contributed by atoms with Gasteiger partial charge in [0.15, 0.2) is 0 Å². The average Bonchev–Trinajstić information content (AvgIpc) is 3.17. The molecule has 3 aromatic carbocycles. The number of ether oxygens (including phenoxy) is 3. The summed E-state index contributed by atoms with van der Waals surface area (Å²) in [6.45, 7) is 17.3. The van der Waals surface area contributed by atoms with Crippen molar-refractivity contribution < 1.29 is 18.7 Å². The summed E-state index contributed by atoms with van der Waals surface area (Å²) in [6.07, 6.45) is 18.7. The lowest BCUT2D eigenvalue weighted by Gasteiger charge is -2.43. The maximum Gasteiger partial charge on any atom is 0.118 e. The molecule has 4 nitrogen and oxygen atoms in total. The van der Waals surface area contributed by atoms with Gasteiger partial charge in [-0.1, -0.05) is 135 Å². The van der Waals surface area contributed by atoms with E-state index in [-0.39, 0.29) is 0 Å². The molecule has 0 heterocycles. The predicted molar refractivity (Wildman–Crippen MR) is 221 cm³/mol. The molecule has 3 rings (SSSR count). The molecule has 0 N–H and O–H groups in total. The number of quaternary nitrogens is 1. The maximum atomic E-state index is 5.46. The van der Waals surface area contributed by atoms with Gasteiger partial charge in [-0.2, -0.15) is 22.7 Å². The molecule has 50 heavy (non-hydrogen) atoms. The summed E-state index contributed by atoms with van der Waals surface area (Å²) in [5, 5.41) is 0. The van der Waals surface area contributed by atoms with E-state index in [4.69, 9.17) is 14.2 Å². The van der Waals surface area contributed by atoms with Crippen LogP contribution in [0, 0.1) is 0 Å². The van der Waals surface area contributed by atoms with Gasteiger partial charge in [0.2, 0.25) is 0 Å². The first-order valence-electron chi connectivity index (χ1n) is 20.4. The van der Waals surface area contributed by atoms with Crippen molar-refractivity contribution in [2.24, 2.45) is 0 Å². The molecule has 5 heteroatoms. The average molecular weight is 688 g/mol. The van der Waals surface area contributed by atoms with Crippen molar-refractivity contribution in [3.05, 3.63) is 72.8 Å². The molecular weight excluding hydrogens is 613 g/mol. The number of benzene rings is 3. The van der Waals surface area contributed by atoms with Crippen LogP contribution in [0.15, 0.2) is 72.8 Å². The number of unbranched alkanes of at least 4 members (excludes halogenated alkanes) is 9. The zero-order valence-corrected chi connectivity index (χ0v) is 33.6. The van der Waals surface area contributed by atoms with Crippen molar-refractivity contribution in [2.75, 3.05) is 47.5 Å². The van der Waals surface area contributed by atoms with Crippen molar-refractivity contribution in [1.29, 1.82) is 0 Å². The number of methoxy groups -OCH3 is 3. The summed E-state index contributed by atoms with van der Waals surface area (Å²) in [6, 6.07) is 25.9. The van der Waals surface area contributed by atoms with Gasteiger partial charge in [-0.3, -0.25) is 0 Å². The van der Waals surface area contributed by atoms with Gasteiger partial charge in [-0.15, -0.1) is 0 Å². The minimum absolute atomic E-state index is 0.882. The van der Waals surface area contributed by atoms with E-state index in [0.29, 0.717) is 0 Å². The molecule has 0 aliphatic heterocycles. The van der Waals surface area contributed by atoms with Crippen LogP contribution in [-0.4, -0.2) is 58.1 Å². The largest absolute Gasteiger partial charge is 0.497 e. The Morgan fingerprint density at radius 2 is 0.660 bits per heavy atom. The predicted octanol–water partition coefficient (Wildman–Crippen LogP) is 10.5. The highest BCUT2D eigenvalue weighted by Crippen LogP contribution is 2.22. The highest BCUT2D eigenvalue weighted by atomic mass is 16.5. The van der Waals surface area contributed by atoms with Crippen LogP contribution < -0.4 is 30.6 Å². The van der Waals surface area contributed by atoms with Crippen LogP contribution in [0.2, 0.25) is 6.32 Å². The molecule has 0 aliphatic rings. The normalized spacial score (nSPS) is 11.5. The zero-order valence-electron chi connectivity index (χ0n) is 33.6. The highest BCUT2D eigenvalue weighted by molar-refractivity contribution is 7.11. The third-order valence-corrected chi connectivity index (χ3v) is 11.0. The third kappa shape index (κ3) is 13.7. The molecule has 0 spiro atoms. The molecule has 0 unspecified atom stereocenters. The van der Waals surface area contributed by atoms with Crippen molar-refractivity contribution in [1.82, 2.24) is 0 Å². The van der Waals surface area contributed by atoms with Crippen LogP contribution >= 0.6 is 0 Å². The molecule has 0 saturated carbocycles. The Hall–Kier alpha value is -2.92.